The minimum absolute atomic E-state index is 0. The number of rotatable bonds is 10. The third kappa shape index (κ3) is 7.69. The molecule has 2 unspecified atom stereocenters. The molecule has 48 heavy (non-hydrogen) atoms. The zero-order valence-electron chi connectivity index (χ0n) is 28.5. The van der Waals surface area contributed by atoms with Crippen molar-refractivity contribution in [1.82, 2.24) is 24.6 Å². The molecule has 0 amide bonds. The molecule has 0 spiro atoms. The smallest absolute Gasteiger partial charge is 0.388 e. The number of aromatic nitrogens is 4. The molecule has 2 aliphatic rings. The molecule has 3 N–H and O–H groups in total. The van der Waals surface area contributed by atoms with E-state index >= 15 is 4.39 Å². The molecule has 2 aromatic carbocycles. The number of aryl methyl sites for hydroxylation is 2. The fourth-order valence-corrected chi connectivity index (χ4v) is 6.51. The molecule has 4 aromatic rings. The zero-order chi connectivity index (χ0) is 33.5. The predicted octanol–water partition coefficient (Wildman–Crippen LogP) is 1.77. The van der Waals surface area contributed by atoms with Crippen molar-refractivity contribution in [2.75, 3.05) is 0 Å². The van der Waals surface area contributed by atoms with E-state index in [4.69, 9.17) is 14.7 Å². The van der Waals surface area contributed by atoms with Gasteiger partial charge in [0.15, 0.2) is 5.84 Å². The molecule has 250 valence electrons. The van der Waals surface area contributed by atoms with E-state index in [1.54, 1.807) is 29.0 Å². The maximum Gasteiger partial charge on any atom is 1.00 e. The Kier molecular flexibility index (Phi) is 11.8. The fraction of sp³-hybridized carbons (Fsp3) is 0.486. The maximum atomic E-state index is 16.0. The van der Waals surface area contributed by atoms with Crippen LogP contribution >= 0.6 is 0 Å². The molecule has 1 fully saturated rings. The molecule has 2 atom stereocenters. The number of hydrogen-bond donors (Lipinski definition) is 3. The Morgan fingerprint density at radius 1 is 1.15 bits per heavy atom. The third-order valence-corrected chi connectivity index (χ3v) is 9.29. The first kappa shape index (κ1) is 36.9. The predicted molar refractivity (Wildman–Crippen MR) is 176 cm³/mol. The van der Waals surface area contributed by atoms with Gasteiger partial charge >= 0.3 is 51.4 Å². The molecular weight excluding hydrogens is 643 g/mol. The van der Waals surface area contributed by atoms with Gasteiger partial charge < -0.3 is 14.9 Å². The standard InChI is InChI=1S/C35H43FN6O5.K/c1-6-9-30-28(18-23-13-12-22(19-29(23)36)26-10-7-8-11-27(26)31-38-34(44)47-40-31)32(43)41(33-37-21(3)39-42(30)33)24-14-16-25(17-15-24)46-20(2)35(4,5)45;/h7-8,10-13,19-20,24-25,34,44-45H,6,9,14-18H2,1-5H3,(H,38,40);/q;+1. The Balaban J connectivity index is 0.00000451. The van der Waals surface area contributed by atoms with Crippen molar-refractivity contribution >= 4 is 11.6 Å². The molecule has 1 saturated carbocycles. The van der Waals surface area contributed by atoms with Gasteiger partial charge in [0.1, 0.15) is 11.6 Å². The average Bonchev–Trinajstić information content (AvgIpc) is 3.65. The van der Waals surface area contributed by atoms with Crippen LogP contribution < -0.4 is 62.4 Å². The van der Waals surface area contributed by atoms with Gasteiger partial charge in [-0.25, -0.2) is 24.2 Å². The summed E-state index contributed by atoms with van der Waals surface area (Å²) in [5.41, 5.74) is 5.17. The molecule has 6 rings (SSSR count). The Morgan fingerprint density at radius 3 is 2.48 bits per heavy atom. The number of aliphatic hydroxyl groups excluding tert-OH is 1. The average molecular weight is 686 g/mol. The minimum Gasteiger partial charge on any atom is -0.388 e. The summed E-state index contributed by atoms with van der Waals surface area (Å²) in [6.07, 6.45) is 2.75. The number of fused-ring (bicyclic) bond motifs is 1. The van der Waals surface area contributed by atoms with Crippen molar-refractivity contribution in [2.45, 2.75) is 110 Å². The van der Waals surface area contributed by atoms with Crippen molar-refractivity contribution in [1.29, 1.82) is 0 Å². The van der Waals surface area contributed by atoms with Crippen LogP contribution in [0.25, 0.3) is 16.9 Å². The molecule has 11 nitrogen and oxygen atoms in total. The molecule has 0 saturated heterocycles. The van der Waals surface area contributed by atoms with Gasteiger partial charge in [-0.15, -0.1) is 0 Å². The first-order valence-electron chi connectivity index (χ1n) is 16.4. The summed E-state index contributed by atoms with van der Waals surface area (Å²) < 4.78 is 25.7. The Bertz CT molecular complexity index is 1860. The number of nitrogens with one attached hydrogen (secondary N) is 1. The number of benzene rings is 2. The van der Waals surface area contributed by atoms with Crippen LogP contribution in [0.4, 0.5) is 4.39 Å². The van der Waals surface area contributed by atoms with Gasteiger partial charge in [0.05, 0.1) is 23.5 Å². The monoisotopic (exact) mass is 685 g/mol. The molecular formula is C35H43FKN6O5+. The summed E-state index contributed by atoms with van der Waals surface area (Å²) in [6, 6.07) is 12.2. The van der Waals surface area contributed by atoms with Crippen molar-refractivity contribution in [3.63, 3.8) is 0 Å². The van der Waals surface area contributed by atoms with Crippen LogP contribution in [0.3, 0.4) is 0 Å². The number of halogens is 1. The molecule has 1 aliphatic carbocycles. The van der Waals surface area contributed by atoms with Gasteiger partial charge in [0.25, 0.3) is 12.0 Å². The van der Waals surface area contributed by atoms with Crippen LogP contribution in [-0.2, 0) is 22.4 Å². The Labute approximate surface area is 322 Å². The van der Waals surface area contributed by atoms with E-state index in [0.717, 1.165) is 25.0 Å². The quantitative estimate of drug-likeness (QED) is 0.215. The van der Waals surface area contributed by atoms with Gasteiger partial charge in [-0.2, -0.15) is 10.1 Å². The topological polar surface area (TPSA) is 136 Å². The summed E-state index contributed by atoms with van der Waals surface area (Å²) in [5, 5.41) is 24.7. The summed E-state index contributed by atoms with van der Waals surface area (Å²) in [4.78, 5) is 28.1. The molecule has 3 heterocycles. The summed E-state index contributed by atoms with van der Waals surface area (Å²) in [7, 11) is 0. The number of ether oxygens (including phenoxy) is 1. The third-order valence-electron chi connectivity index (χ3n) is 9.29. The van der Waals surface area contributed by atoms with Crippen molar-refractivity contribution < 1.29 is 75.6 Å². The maximum absolute atomic E-state index is 16.0. The second kappa shape index (κ2) is 15.3. The van der Waals surface area contributed by atoms with Crippen molar-refractivity contribution in [3.8, 4) is 11.1 Å². The number of nitrogens with zero attached hydrogens (tertiary/aromatic N) is 5. The summed E-state index contributed by atoms with van der Waals surface area (Å²) >= 11 is 0. The number of aliphatic hydroxyl groups is 2. The van der Waals surface area contributed by atoms with E-state index < -0.39 is 17.8 Å². The number of hydroxylamine groups is 1. The van der Waals surface area contributed by atoms with E-state index in [0.29, 0.717) is 64.5 Å². The number of aliphatic imine (C=N–C) groups is 1. The summed E-state index contributed by atoms with van der Waals surface area (Å²) in [6.45, 7) is 9.22. The largest absolute Gasteiger partial charge is 1.00 e. The SMILES string of the molecule is CCCc1c(Cc2ccc(-c3ccccc3C3=NC(O)ON3)cc2F)c(=O)n(C2CCC(OC(C)C(C)(C)O)CC2)c2nc(C)nn12.[K+]. The molecule has 1 aliphatic heterocycles. The zero-order valence-corrected chi connectivity index (χ0v) is 31.7. The van der Waals surface area contributed by atoms with Crippen LogP contribution in [0.1, 0.15) is 94.0 Å². The molecule has 0 bridgehead atoms. The molecule has 0 radical (unpaired) electrons. The van der Waals surface area contributed by atoms with Gasteiger partial charge in [-0.05, 0) is 82.6 Å². The van der Waals surface area contributed by atoms with Crippen LogP contribution in [0.15, 0.2) is 52.3 Å². The van der Waals surface area contributed by atoms with Crippen LogP contribution in [0, 0.1) is 12.7 Å². The van der Waals surface area contributed by atoms with Crippen LogP contribution in [-0.4, -0.2) is 59.4 Å². The van der Waals surface area contributed by atoms with E-state index in [1.807, 2.05) is 51.1 Å². The van der Waals surface area contributed by atoms with Crippen LogP contribution in [0.2, 0.25) is 0 Å². The van der Waals surface area contributed by atoms with Gasteiger partial charge in [-0.3, -0.25) is 9.36 Å². The van der Waals surface area contributed by atoms with E-state index in [9.17, 15) is 15.0 Å². The minimum atomic E-state index is -1.31. The van der Waals surface area contributed by atoms with Crippen LogP contribution in [0.5, 0.6) is 0 Å². The number of amidine groups is 1. The number of hydrogen-bond acceptors (Lipinski definition) is 9. The van der Waals surface area contributed by atoms with E-state index in [1.165, 1.54) is 6.07 Å². The van der Waals surface area contributed by atoms with Gasteiger partial charge in [0, 0.05) is 23.6 Å². The first-order valence-corrected chi connectivity index (χ1v) is 16.4. The van der Waals surface area contributed by atoms with Crippen molar-refractivity contribution in [2.24, 2.45) is 4.99 Å². The Morgan fingerprint density at radius 2 is 1.85 bits per heavy atom. The second-order valence-corrected chi connectivity index (χ2v) is 13.1. The second-order valence-electron chi connectivity index (χ2n) is 13.1. The van der Waals surface area contributed by atoms with E-state index in [2.05, 4.69) is 15.5 Å². The van der Waals surface area contributed by atoms with E-state index in [-0.39, 0.29) is 81.6 Å². The summed E-state index contributed by atoms with van der Waals surface area (Å²) in [5.74, 6) is 0.999. The molecule has 2 aromatic heterocycles. The normalized spacial score (nSPS) is 20.3. The Hall–Kier alpha value is -2.33. The van der Waals surface area contributed by atoms with Crippen molar-refractivity contribution in [3.05, 3.63) is 86.8 Å². The molecule has 13 heteroatoms. The van der Waals surface area contributed by atoms with Gasteiger partial charge in [0.2, 0.25) is 5.78 Å². The van der Waals surface area contributed by atoms with Gasteiger partial charge in [-0.1, -0.05) is 49.7 Å². The fourth-order valence-electron chi connectivity index (χ4n) is 6.51. The first-order chi connectivity index (χ1) is 22.4.